The Morgan fingerprint density at radius 1 is 1.06 bits per heavy atom. The highest BCUT2D eigenvalue weighted by Crippen LogP contribution is 2.27. The van der Waals surface area contributed by atoms with E-state index in [0.29, 0.717) is 17.4 Å². The molecule has 0 bridgehead atoms. The summed E-state index contributed by atoms with van der Waals surface area (Å²) in [5, 5.41) is 15.3. The zero-order valence-electron chi connectivity index (χ0n) is 17.2. The van der Waals surface area contributed by atoms with E-state index in [-0.39, 0.29) is 16.3 Å². The van der Waals surface area contributed by atoms with Crippen molar-refractivity contribution >= 4 is 33.9 Å². The Morgan fingerprint density at radius 3 is 2.28 bits per heavy atom. The molecule has 0 unspecified atom stereocenters. The Labute approximate surface area is 186 Å². The number of primary sulfonamides is 1. The lowest BCUT2D eigenvalue weighted by molar-refractivity contribution is -0.104. The van der Waals surface area contributed by atoms with E-state index >= 15 is 0 Å². The molecule has 0 atom stereocenters. The van der Waals surface area contributed by atoms with Crippen molar-refractivity contribution in [1.29, 1.82) is 5.41 Å². The number of amidine groups is 1. The van der Waals surface area contributed by atoms with Crippen LogP contribution in [-0.4, -0.2) is 27.6 Å². The smallest absolute Gasteiger partial charge is 0.238 e. The summed E-state index contributed by atoms with van der Waals surface area (Å²) in [6.07, 6.45) is 3.42. The van der Waals surface area contributed by atoms with Crippen LogP contribution in [-0.2, 0) is 14.8 Å². The number of hydrogen-bond acceptors (Lipinski definition) is 5. The number of sulfonamides is 1. The fourth-order valence-electron chi connectivity index (χ4n) is 2.77. The maximum atomic E-state index is 13.0. The minimum atomic E-state index is -3.71. The van der Waals surface area contributed by atoms with Gasteiger partial charge in [-0.25, -0.2) is 17.9 Å². The van der Waals surface area contributed by atoms with Gasteiger partial charge >= 0.3 is 0 Å². The number of allylic oxidation sites excluding steroid dienone is 1. The first-order chi connectivity index (χ1) is 15.2. The molecule has 3 aromatic rings. The van der Waals surface area contributed by atoms with Crippen LogP contribution >= 0.6 is 0 Å². The summed E-state index contributed by atoms with van der Waals surface area (Å²) in [6, 6.07) is 18.3. The van der Waals surface area contributed by atoms with Crippen LogP contribution in [0.2, 0.25) is 0 Å². The van der Waals surface area contributed by atoms with E-state index in [9.17, 15) is 17.6 Å². The lowest BCUT2D eigenvalue weighted by Gasteiger charge is -2.08. The van der Waals surface area contributed by atoms with Crippen molar-refractivity contribution in [2.75, 3.05) is 12.4 Å². The number of hydrogen-bond donors (Lipinski definition) is 4. The number of nitrogens with one attached hydrogen (secondary N) is 2. The Hall–Kier alpha value is -3.82. The van der Waals surface area contributed by atoms with Crippen molar-refractivity contribution < 1.29 is 17.6 Å². The van der Waals surface area contributed by atoms with Crippen molar-refractivity contribution in [1.82, 2.24) is 0 Å². The highest BCUT2D eigenvalue weighted by atomic mass is 32.2. The molecule has 0 amide bonds. The summed E-state index contributed by atoms with van der Waals surface area (Å²) in [5.74, 6) is -0.871. The van der Waals surface area contributed by atoms with Crippen LogP contribution in [0.1, 0.15) is 11.1 Å². The van der Waals surface area contributed by atoms with E-state index in [1.54, 1.807) is 18.2 Å². The van der Waals surface area contributed by atoms with Gasteiger partial charge in [-0.15, -0.1) is 0 Å². The van der Waals surface area contributed by atoms with Crippen LogP contribution < -0.4 is 16.2 Å². The van der Waals surface area contributed by atoms with Crippen LogP contribution in [0.15, 0.2) is 77.7 Å². The van der Waals surface area contributed by atoms with E-state index in [1.807, 2.05) is 31.3 Å². The van der Waals surface area contributed by atoms with Gasteiger partial charge in [0.05, 0.1) is 10.5 Å². The maximum Gasteiger partial charge on any atom is 0.238 e. The fourth-order valence-corrected chi connectivity index (χ4v) is 3.53. The number of nitrogens with two attached hydrogens (primary N) is 2. The molecule has 0 aliphatic heterocycles. The van der Waals surface area contributed by atoms with E-state index in [4.69, 9.17) is 16.3 Å². The second kappa shape index (κ2) is 11.0. The molecule has 0 saturated carbocycles. The zero-order chi connectivity index (χ0) is 23.7. The van der Waals surface area contributed by atoms with E-state index in [2.05, 4.69) is 5.32 Å². The van der Waals surface area contributed by atoms with Gasteiger partial charge in [-0.1, -0.05) is 42.5 Å². The number of benzene rings is 3. The highest BCUT2D eigenvalue weighted by Gasteiger charge is 2.14. The van der Waals surface area contributed by atoms with E-state index in [1.165, 1.54) is 36.4 Å². The summed E-state index contributed by atoms with van der Waals surface area (Å²) in [6.45, 7) is 0. The molecule has 166 valence electrons. The van der Waals surface area contributed by atoms with Gasteiger partial charge in [-0.3, -0.25) is 10.2 Å². The van der Waals surface area contributed by atoms with Gasteiger partial charge in [-0.2, -0.15) is 0 Å². The molecule has 0 aromatic heterocycles. The van der Waals surface area contributed by atoms with Gasteiger partial charge in [0, 0.05) is 18.3 Å². The maximum absolute atomic E-state index is 13.0. The number of rotatable bonds is 6. The third kappa shape index (κ3) is 6.59. The summed E-state index contributed by atoms with van der Waals surface area (Å²) < 4.78 is 36.1. The minimum Gasteiger partial charge on any atom is -0.388 e. The molecule has 0 radical (unpaired) electrons. The average molecular weight is 455 g/mol. The van der Waals surface area contributed by atoms with Crippen LogP contribution in [0.25, 0.3) is 17.2 Å². The number of aldehydes is 1. The third-order valence-electron chi connectivity index (χ3n) is 4.33. The van der Waals surface area contributed by atoms with Gasteiger partial charge < -0.3 is 11.1 Å². The van der Waals surface area contributed by atoms with E-state index in [0.717, 1.165) is 11.3 Å². The Kier molecular flexibility index (Phi) is 8.39. The first-order valence-corrected chi connectivity index (χ1v) is 10.9. The molecule has 3 aromatic carbocycles. The summed E-state index contributed by atoms with van der Waals surface area (Å²) in [5.41, 5.74) is 8.23. The third-order valence-corrected chi connectivity index (χ3v) is 5.30. The first kappa shape index (κ1) is 24.4. The summed E-state index contributed by atoms with van der Waals surface area (Å²) in [4.78, 5) is 10.2. The largest absolute Gasteiger partial charge is 0.388 e. The zero-order valence-corrected chi connectivity index (χ0v) is 18.1. The summed E-state index contributed by atoms with van der Waals surface area (Å²) in [7, 11) is -1.89. The monoisotopic (exact) mass is 454 g/mol. The van der Waals surface area contributed by atoms with Gasteiger partial charge in [0.25, 0.3) is 0 Å². The molecule has 0 aliphatic rings. The fraction of sp³-hybridized carbons (Fsp3) is 0.0435. The van der Waals surface area contributed by atoms with Crippen molar-refractivity contribution in [2.24, 2.45) is 10.9 Å². The minimum absolute atomic E-state index is 0.0399. The number of halogens is 1. The van der Waals surface area contributed by atoms with Crippen molar-refractivity contribution in [3.63, 3.8) is 0 Å². The lowest BCUT2D eigenvalue weighted by atomic mass is 10.1. The molecule has 0 spiro atoms. The van der Waals surface area contributed by atoms with Crippen molar-refractivity contribution in [3.05, 3.63) is 89.8 Å². The Bertz CT molecular complexity index is 1240. The molecule has 6 N–H and O–H groups in total. The topological polar surface area (TPSA) is 139 Å². The number of nitrogen functional groups attached to an aromatic ring is 1. The standard InChI is InChI=1S/C13H14N2O2S.C10H9FN2O/c1-15-11-8-6-10(7-9-11)12-4-2-3-5-13(12)18(14,16)17;11-9-4-3-7(2-1-5-14)6-8(9)10(12)13/h2-9,15H,1H3,(H2,14,16,17);1-6H,(H3,12,13)/b;2-1-. The molecule has 9 heteroatoms. The van der Waals surface area contributed by atoms with Gasteiger partial charge in [-0.05, 0) is 47.5 Å². The number of carbonyl (C=O) groups is 1. The normalized spacial score (nSPS) is 10.8. The highest BCUT2D eigenvalue weighted by molar-refractivity contribution is 7.89. The predicted octanol–water partition coefficient (Wildman–Crippen LogP) is 3.36. The molecule has 3 rings (SSSR count). The first-order valence-electron chi connectivity index (χ1n) is 9.33. The van der Waals surface area contributed by atoms with Crippen LogP contribution in [0.5, 0.6) is 0 Å². The van der Waals surface area contributed by atoms with Crippen LogP contribution in [0, 0.1) is 11.2 Å². The molecule has 0 aliphatic carbocycles. The molecular formula is C23H23FN4O3S. The second-order valence-electron chi connectivity index (χ2n) is 6.52. The average Bonchev–Trinajstić information content (AvgIpc) is 2.78. The lowest BCUT2D eigenvalue weighted by Crippen LogP contribution is -2.13. The summed E-state index contributed by atoms with van der Waals surface area (Å²) >= 11 is 0. The number of carbonyl (C=O) groups excluding carboxylic acids is 1. The van der Waals surface area contributed by atoms with Gasteiger partial charge in [0.2, 0.25) is 10.0 Å². The molecular weight excluding hydrogens is 431 g/mol. The van der Waals surface area contributed by atoms with Gasteiger partial charge in [0.15, 0.2) is 0 Å². The Morgan fingerprint density at radius 2 is 1.72 bits per heavy atom. The van der Waals surface area contributed by atoms with Gasteiger partial charge in [0.1, 0.15) is 17.9 Å². The van der Waals surface area contributed by atoms with Crippen molar-refractivity contribution in [3.8, 4) is 11.1 Å². The molecule has 0 heterocycles. The SMILES string of the molecule is CNc1ccc(-c2ccccc2S(N)(=O)=O)cc1.N=C(N)c1cc(/C=C\C=O)ccc1F. The molecule has 32 heavy (non-hydrogen) atoms. The molecule has 7 nitrogen and oxygen atoms in total. The van der Waals surface area contributed by atoms with E-state index < -0.39 is 15.8 Å². The Balaban J connectivity index is 0.000000235. The van der Waals surface area contributed by atoms with Crippen LogP contribution in [0.4, 0.5) is 10.1 Å². The van der Waals surface area contributed by atoms with Crippen molar-refractivity contribution in [2.45, 2.75) is 4.90 Å². The number of anilines is 1. The molecule has 0 saturated heterocycles. The second-order valence-corrected chi connectivity index (χ2v) is 8.05. The molecule has 0 fully saturated rings. The quantitative estimate of drug-likeness (QED) is 0.196. The van der Waals surface area contributed by atoms with Crippen LogP contribution in [0.3, 0.4) is 0 Å². The predicted molar refractivity (Wildman–Crippen MR) is 125 cm³/mol.